The molecule has 3 aromatic heterocycles. The molecular weight excluding hydrogens is 282 g/mol. The Hall–Kier alpha value is -2.41. The zero-order valence-electron chi connectivity index (χ0n) is 12.1. The number of hydrogen-bond acceptors (Lipinski definition) is 6. The molecule has 3 aromatic rings. The van der Waals surface area contributed by atoms with E-state index in [0.29, 0.717) is 12.4 Å². The van der Waals surface area contributed by atoms with Gasteiger partial charge in [0.1, 0.15) is 18.3 Å². The summed E-state index contributed by atoms with van der Waals surface area (Å²) in [7, 11) is 0. The molecule has 114 valence electrons. The molecule has 7 heteroatoms. The van der Waals surface area contributed by atoms with E-state index >= 15 is 0 Å². The molecule has 1 fully saturated rings. The van der Waals surface area contributed by atoms with Crippen LogP contribution in [-0.4, -0.2) is 26.1 Å². The van der Waals surface area contributed by atoms with Gasteiger partial charge in [-0.1, -0.05) is 0 Å². The highest BCUT2D eigenvalue weighted by Gasteiger charge is 2.20. The smallest absolute Gasteiger partial charge is 0.167 e. The summed E-state index contributed by atoms with van der Waals surface area (Å²) < 4.78 is 13.1. The molecule has 0 amide bonds. The molecule has 4 rings (SSSR count). The largest absolute Gasteiger partial charge is 0.467 e. The number of aromatic nitrogens is 4. The summed E-state index contributed by atoms with van der Waals surface area (Å²) >= 11 is 0. The van der Waals surface area contributed by atoms with Crippen LogP contribution >= 0.6 is 0 Å². The van der Waals surface area contributed by atoms with Crippen LogP contribution in [0, 0.1) is 0 Å². The molecule has 0 saturated carbocycles. The zero-order chi connectivity index (χ0) is 14.8. The first-order chi connectivity index (χ1) is 10.9. The van der Waals surface area contributed by atoms with Gasteiger partial charge < -0.3 is 14.5 Å². The number of hydrogen-bond donors (Lipinski definition) is 1. The molecule has 0 aromatic carbocycles. The minimum Gasteiger partial charge on any atom is -0.467 e. The van der Waals surface area contributed by atoms with Crippen molar-refractivity contribution in [2.24, 2.45) is 0 Å². The minimum absolute atomic E-state index is 0.0200. The topological polar surface area (TPSA) is 78.0 Å². The molecule has 1 unspecified atom stereocenters. The Balaban J connectivity index is 1.61. The van der Waals surface area contributed by atoms with Crippen molar-refractivity contribution in [1.29, 1.82) is 0 Å². The molecule has 0 radical (unpaired) electrons. The first-order valence-corrected chi connectivity index (χ1v) is 7.47. The third kappa shape index (κ3) is 2.43. The molecule has 1 aliphatic heterocycles. The van der Waals surface area contributed by atoms with E-state index in [4.69, 9.17) is 9.15 Å². The number of imidazole rings is 1. The van der Waals surface area contributed by atoms with Crippen LogP contribution in [0.4, 0.5) is 5.82 Å². The number of ether oxygens (including phenoxy) is 1. The molecule has 1 atom stereocenters. The lowest BCUT2D eigenvalue weighted by Crippen LogP contribution is -2.17. The van der Waals surface area contributed by atoms with Gasteiger partial charge in [-0.3, -0.25) is 4.57 Å². The predicted molar refractivity (Wildman–Crippen MR) is 80.2 cm³/mol. The Kier molecular flexibility index (Phi) is 3.48. The third-order valence-corrected chi connectivity index (χ3v) is 3.83. The molecule has 0 spiro atoms. The van der Waals surface area contributed by atoms with E-state index in [1.165, 1.54) is 6.42 Å². The zero-order valence-corrected chi connectivity index (χ0v) is 12.1. The normalized spacial score (nSPS) is 18.6. The second-order valence-corrected chi connectivity index (χ2v) is 5.30. The summed E-state index contributed by atoms with van der Waals surface area (Å²) in [4.78, 5) is 13.1. The first kappa shape index (κ1) is 13.3. The standard InChI is InChI=1S/C15H17N5O2/c1-2-6-22-12(5-1)20-10-19-13-14(17-9-18-15(13)20)16-8-11-4-3-7-21-11/h3-4,7,9-10,12H,1-2,5-6,8H2,(H,16,17,18). The molecular formula is C15H17N5O2. The van der Waals surface area contributed by atoms with Gasteiger partial charge >= 0.3 is 0 Å². The monoisotopic (exact) mass is 299 g/mol. The Labute approximate surface area is 127 Å². The van der Waals surface area contributed by atoms with Crippen molar-refractivity contribution in [3.8, 4) is 0 Å². The van der Waals surface area contributed by atoms with Crippen LogP contribution in [0.15, 0.2) is 35.5 Å². The van der Waals surface area contributed by atoms with Crippen molar-refractivity contribution in [2.75, 3.05) is 11.9 Å². The summed E-state index contributed by atoms with van der Waals surface area (Å²) in [5.41, 5.74) is 1.55. The van der Waals surface area contributed by atoms with Crippen molar-refractivity contribution >= 4 is 17.0 Å². The number of anilines is 1. The highest BCUT2D eigenvalue weighted by molar-refractivity contribution is 5.82. The maximum atomic E-state index is 5.82. The third-order valence-electron chi connectivity index (χ3n) is 3.83. The highest BCUT2D eigenvalue weighted by atomic mass is 16.5. The van der Waals surface area contributed by atoms with Gasteiger partial charge in [0.2, 0.25) is 0 Å². The SMILES string of the molecule is c1coc(CNc2ncnc3c2ncn3C2CCCCO2)c1. The van der Waals surface area contributed by atoms with E-state index in [0.717, 1.165) is 36.4 Å². The van der Waals surface area contributed by atoms with Gasteiger partial charge in [-0.15, -0.1) is 0 Å². The fourth-order valence-corrected chi connectivity index (χ4v) is 2.72. The van der Waals surface area contributed by atoms with Crippen molar-refractivity contribution in [3.63, 3.8) is 0 Å². The fraction of sp³-hybridized carbons (Fsp3) is 0.400. The number of nitrogens with one attached hydrogen (secondary N) is 1. The van der Waals surface area contributed by atoms with Crippen molar-refractivity contribution in [3.05, 3.63) is 36.8 Å². The molecule has 1 aliphatic rings. The van der Waals surface area contributed by atoms with Gasteiger partial charge in [-0.2, -0.15) is 0 Å². The summed E-state index contributed by atoms with van der Waals surface area (Å²) in [6.07, 6.45) is 8.28. The molecule has 22 heavy (non-hydrogen) atoms. The molecule has 1 saturated heterocycles. The second kappa shape index (κ2) is 5.76. The second-order valence-electron chi connectivity index (χ2n) is 5.30. The van der Waals surface area contributed by atoms with E-state index in [9.17, 15) is 0 Å². The van der Waals surface area contributed by atoms with E-state index in [2.05, 4.69) is 20.3 Å². The number of fused-ring (bicyclic) bond motifs is 1. The van der Waals surface area contributed by atoms with E-state index < -0.39 is 0 Å². The summed E-state index contributed by atoms with van der Waals surface area (Å²) in [6.45, 7) is 1.35. The lowest BCUT2D eigenvalue weighted by molar-refractivity contribution is -0.0298. The first-order valence-electron chi connectivity index (χ1n) is 7.47. The highest BCUT2D eigenvalue weighted by Crippen LogP contribution is 2.27. The molecule has 4 heterocycles. The maximum absolute atomic E-state index is 5.82. The lowest BCUT2D eigenvalue weighted by atomic mass is 10.2. The van der Waals surface area contributed by atoms with Crippen LogP contribution in [0.25, 0.3) is 11.2 Å². The Morgan fingerprint density at radius 2 is 2.27 bits per heavy atom. The summed E-state index contributed by atoms with van der Waals surface area (Å²) in [5.74, 6) is 1.55. The number of nitrogens with zero attached hydrogens (tertiary/aromatic N) is 4. The molecule has 0 bridgehead atoms. The lowest BCUT2D eigenvalue weighted by Gasteiger charge is -2.23. The van der Waals surface area contributed by atoms with Gasteiger partial charge in [0.25, 0.3) is 0 Å². The van der Waals surface area contributed by atoms with Gasteiger partial charge in [0.05, 0.1) is 19.1 Å². The van der Waals surface area contributed by atoms with E-state index in [1.54, 1.807) is 18.9 Å². The summed E-state index contributed by atoms with van der Waals surface area (Å²) in [5, 5.41) is 3.24. The average molecular weight is 299 g/mol. The minimum atomic E-state index is 0.0200. The summed E-state index contributed by atoms with van der Waals surface area (Å²) in [6, 6.07) is 3.78. The van der Waals surface area contributed by atoms with Crippen molar-refractivity contribution in [1.82, 2.24) is 19.5 Å². The van der Waals surface area contributed by atoms with Gasteiger partial charge in [0, 0.05) is 6.61 Å². The Morgan fingerprint density at radius 1 is 1.27 bits per heavy atom. The van der Waals surface area contributed by atoms with Gasteiger partial charge in [-0.05, 0) is 31.4 Å². The molecule has 0 aliphatic carbocycles. The van der Waals surface area contributed by atoms with E-state index in [-0.39, 0.29) is 6.23 Å². The van der Waals surface area contributed by atoms with Crippen LogP contribution in [0.3, 0.4) is 0 Å². The van der Waals surface area contributed by atoms with Crippen LogP contribution in [0.5, 0.6) is 0 Å². The van der Waals surface area contributed by atoms with Gasteiger partial charge in [-0.25, -0.2) is 15.0 Å². The Bertz CT molecular complexity index is 746. The van der Waals surface area contributed by atoms with E-state index in [1.807, 2.05) is 16.7 Å². The number of rotatable bonds is 4. The van der Waals surface area contributed by atoms with Crippen molar-refractivity contribution < 1.29 is 9.15 Å². The maximum Gasteiger partial charge on any atom is 0.167 e. The molecule has 7 nitrogen and oxygen atoms in total. The number of furan rings is 1. The fourth-order valence-electron chi connectivity index (χ4n) is 2.72. The molecule has 1 N–H and O–H groups in total. The average Bonchev–Trinajstić information content (AvgIpc) is 3.23. The van der Waals surface area contributed by atoms with Gasteiger partial charge in [0.15, 0.2) is 17.0 Å². The van der Waals surface area contributed by atoms with Crippen LogP contribution in [0.2, 0.25) is 0 Å². The van der Waals surface area contributed by atoms with Crippen molar-refractivity contribution in [2.45, 2.75) is 32.0 Å². The van der Waals surface area contributed by atoms with Crippen LogP contribution in [0.1, 0.15) is 31.3 Å². The van der Waals surface area contributed by atoms with Crippen LogP contribution < -0.4 is 5.32 Å². The predicted octanol–water partition coefficient (Wildman–Crippen LogP) is 2.73. The Morgan fingerprint density at radius 3 is 3.09 bits per heavy atom. The van der Waals surface area contributed by atoms with Crippen LogP contribution in [-0.2, 0) is 11.3 Å². The quantitative estimate of drug-likeness (QED) is 0.798.